The molecule has 7 nitrogen and oxygen atoms in total. The van der Waals surface area contributed by atoms with E-state index in [1.54, 1.807) is 31.9 Å². The molecule has 1 heterocycles. The summed E-state index contributed by atoms with van der Waals surface area (Å²) in [7, 11) is 3.71. The van der Waals surface area contributed by atoms with Crippen LogP contribution in [0, 0.1) is 17.3 Å². The maximum absolute atomic E-state index is 13.6. The fourth-order valence-electron chi connectivity index (χ4n) is 4.40. The van der Waals surface area contributed by atoms with Crippen LogP contribution in [0.5, 0.6) is 0 Å². The summed E-state index contributed by atoms with van der Waals surface area (Å²) in [5.41, 5.74) is -0.00182. The molecule has 0 aromatic heterocycles. The summed E-state index contributed by atoms with van der Waals surface area (Å²) in [5.74, 6) is -0.326. The zero-order chi connectivity index (χ0) is 24.8. The summed E-state index contributed by atoms with van der Waals surface area (Å²) in [6.07, 6.45) is 3.87. The number of likely N-dealkylation sites (N-methyl/N-ethyl adjacent to an activating group) is 2. The Morgan fingerprint density at radius 1 is 1.25 bits per heavy atom. The quantitative estimate of drug-likeness (QED) is 0.453. The number of ether oxygens (including phenoxy) is 1. The molecule has 1 aliphatic heterocycles. The highest BCUT2D eigenvalue weighted by molar-refractivity contribution is 5.91. The van der Waals surface area contributed by atoms with Crippen molar-refractivity contribution in [3.05, 3.63) is 11.6 Å². The normalized spacial score (nSPS) is 22.3. The van der Waals surface area contributed by atoms with Gasteiger partial charge in [-0.1, -0.05) is 47.6 Å². The number of carbonyl (C=O) groups excluding carboxylic acids is 3. The topological polar surface area (TPSA) is 79.0 Å². The van der Waals surface area contributed by atoms with E-state index >= 15 is 0 Å². The minimum absolute atomic E-state index is 0.0779. The van der Waals surface area contributed by atoms with Gasteiger partial charge in [0.1, 0.15) is 6.04 Å². The smallest absolute Gasteiger partial charge is 0.333 e. The molecule has 0 aromatic carbocycles. The molecule has 0 radical (unpaired) electrons. The van der Waals surface area contributed by atoms with Crippen molar-refractivity contribution in [1.29, 1.82) is 0 Å². The van der Waals surface area contributed by atoms with Crippen LogP contribution < -0.4 is 5.32 Å². The average molecular weight is 452 g/mol. The zero-order valence-corrected chi connectivity index (χ0v) is 21.8. The van der Waals surface area contributed by atoms with E-state index in [0.717, 1.165) is 19.4 Å². The SMILES string of the molecule is CCOC(=O)/C(C)=C/[C@H](C(C)C)N(C)C(=O)[C@@H](NC(=O)C1C(C)CCCN1C)C(C)(C)C. The molecule has 0 saturated carbocycles. The van der Waals surface area contributed by atoms with Crippen LogP contribution >= 0.6 is 0 Å². The van der Waals surface area contributed by atoms with Crippen LogP contribution in [0.4, 0.5) is 0 Å². The first-order chi connectivity index (χ1) is 14.7. The Hall–Kier alpha value is -1.89. The molecule has 0 spiro atoms. The maximum Gasteiger partial charge on any atom is 0.333 e. The van der Waals surface area contributed by atoms with Gasteiger partial charge in [-0.25, -0.2) is 4.79 Å². The van der Waals surface area contributed by atoms with Gasteiger partial charge in [0.05, 0.1) is 18.7 Å². The lowest BCUT2D eigenvalue weighted by molar-refractivity contribution is -0.142. The number of nitrogens with one attached hydrogen (secondary N) is 1. The van der Waals surface area contributed by atoms with Crippen molar-refractivity contribution in [3.8, 4) is 0 Å². The maximum atomic E-state index is 13.6. The van der Waals surface area contributed by atoms with Crippen molar-refractivity contribution in [2.45, 2.75) is 86.4 Å². The lowest BCUT2D eigenvalue weighted by Crippen LogP contribution is -2.60. The molecule has 0 bridgehead atoms. The molecule has 32 heavy (non-hydrogen) atoms. The third kappa shape index (κ3) is 7.32. The van der Waals surface area contributed by atoms with Gasteiger partial charge in [0, 0.05) is 12.6 Å². The molecule has 1 rings (SSSR count). The molecule has 0 aromatic rings. The summed E-state index contributed by atoms with van der Waals surface area (Å²) in [4.78, 5) is 42.7. The third-order valence-electron chi connectivity index (χ3n) is 6.35. The van der Waals surface area contributed by atoms with Crippen molar-refractivity contribution in [2.24, 2.45) is 17.3 Å². The minimum atomic E-state index is -0.680. The van der Waals surface area contributed by atoms with Crippen LogP contribution in [-0.4, -0.2) is 73.0 Å². The van der Waals surface area contributed by atoms with Gasteiger partial charge in [-0.15, -0.1) is 0 Å². The minimum Gasteiger partial charge on any atom is -0.463 e. The van der Waals surface area contributed by atoms with Crippen LogP contribution in [0.1, 0.15) is 68.2 Å². The zero-order valence-electron chi connectivity index (χ0n) is 21.8. The molecule has 2 unspecified atom stereocenters. The monoisotopic (exact) mass is 451 g/mol. The van der Waals surface area contributed by atoms with Gasteiger partial charge in [0.25, 0.3) is 0 Å². The summed E-state index contributed by atoms with van der Waals surface area (Å²) < 4.78 is 5.09. The molecule has 0 aliphatic carbocycles. The summed E-state index contributed by atoms with van der Waals surface area (Å²) in [6.45, 7) is 16.6. The molecular formula is C25H45N3O4. The fraction of sp³-hybridized carbons (Fsp3) is 0.800. The number of hydrogen-bond donors (Lipinski definition) is 1. The van der Waals surface area contributed by atoms with Crippen LogP contribution in [0.15, 0.2) is 11.6 Å². The molecule has 2 amide bonds. The highest BCUT2D eigenvalue weighted by Gasteiger charge is 2.40. The van der Waals surface area contributed by atoms with Crippen molar-refractivity contribution in [1.82, 2.24) is 15.1 Å². The Balaban J connectivity index is 3.15. The van der Waals surface area contributed by atoms with E-state index in [-0.39, 0.29) is 41.7 Å². The fourth-order valence-corrected chi connectivity index (χ4v) is 4.40. The number of hydrogen-bond acceptors (Lipinski definition) is 5. The molecule has 1 aliphatic rings. The molecule has 184 valence electrons. The van der Waals surface area contributed by atoms with Crippen molar-refractivity contribution in [2.75, 3.05) is 27.2 Å². The molecule has 1 saturated heterocycles. The Kier molecular flexibility index (Phi) is 10.4. The lowest BCUT2D eigenvalue weighted by atomic mass is 9.84. The standard InChI is InChI=1S/C25H45N3O4/c1-11-32-24(31)18(5)15-19(16(2)3)28(10)23(30)21(25(6,7)8)26-22(29)20-17(4)13-12-14-27(20)9/h15-17,19-21H,11-14H2,1-10H3,(H,26,29)/b18-15+/t17?,19-,20?,21-/m1/s1. The van der Waals surface area contributed by atoms with Crippen molar-refractivity contribution >= 4 is 17.8 Å². The number of carbonyl (C=O) groups is 3. The number of piperidine rings is 1. The lowest BCUT2D eigenvalue weighted by Gasteiger charge is -2.40. The highest BCUT2D eigenvalue weighted by atomic mass is 16.5. The molecule has 7 heteroatoms. The number of nitrogens with zero attached hydrogens (tertiary/aromatic N) is 2. The van der Waals surface area contributed by atoms with Gasteiger partial charge in [-0.3, -0.25) is 14.5 Å². The number of likely N-dealkylation sites (tertiary alicyclic amines) is 1. The average Bonchev–Trinajstić information content (AvgIpc) is 2.67. The highest BCUT2D eigenvalue weighted by Crippen LogP contribution is 2.26. The van der Waals surface area contributed by atoms with Crippen LogP contribution in [0.2, 0.25) is 0 Å². The Labute approximate surface area is 194 Å². The van der Waals surface area contributed by atoms with E-state index < -0.39 is 11.5 Å². The second-order valence-electron chi connectivity index (χ2n) is 10.6. The van der Waals surface area contributed by atoms with E-state index in [2.05, 4.69) is 17.1 Å². The summed E-state index contributed by atoms with van der Waals surface area (Å²) in [5, 5.41) is 3.07. The third-order valence-corrected chi connectivity index (χ3v) is 6.35. The van der Waals surface area contributed by atoms with Gasteiger partial charge in [0.2, 0.25) is 11.8 Å². The summed E-state index contributed by atoms with van der Waals surface area (Å²) >= 11 is 0. The van der Waals surface area contributed by atoms with E-state index in [9.17, 15) is 14.4 Å². The van der Waals surface area contributed by atoms with Gasteiger partial charge in [-0.05, 0) is 57.5 Å². The van der Waals surface area contributed by atoms with Crippen LogP contribution in [0.25, 0.3) is 0 Å². The van der Waals surface area contributed by atoms with Crippen molar-refractivity contribution < 1.29 is 19.1 Å². The van der Waals surface area contributed by atoms with E-state index in [0.29, 0.717) is 12.2 Å². The molecule has 4 atom stereocenters. The number of amides is 2. The largest absolute Gasteiger partial charge is 0.463 e. The Morgan fingerprint density at radius 3 is 2.31 bits per heavy atom. The van der Waals surface area contributed by atoms with Crippen molar-refractivity contribution in [3.63, 3.8) is 0 Å². The predicted octanol–water partition coefficient (Wildman–Crippen LogP) is 3.24. The predicted molar refractivity (Wildman–Crippen MR) is 128 cm³/mol. The number of rotatable bonds is 8. The molecule has 1 fully saturated rings. The Bertz CT molecular complexity index is 686. The second kappa shape index (κ2) is 11.8. The van der Waals surface area contributed by atoms with Crippen LogP contribution in [-0.2, 0) is 19.1 Å². The molecular weight excluding hydrogens is 406 g/mol. The van der Waals surface area contributed by atoms with E-state index in [1.165, 1.54) is 0 Å². The van der Waals surface area contributed by atoms with E-state index in [4.69, 9.17) is 4.74 Å². The van der Waals surface area contributed by atoms with Crippen LogP contribution in [0.3, 0.4) is 0 Å². The molecule has 1 N–H and O–H groups in total. The first kappa shape index (κ1) is 28.1. The second-order valence-corrected chi connectivity index (χ2v) is 10.6. The number of esters is 1. The van der Waals surface area contributed by atoms with E-state index in [1.807, 2.05) is 41.7 Å². The Morgan fingerprint density at radius 2 is 1.84 bits per heavy atom. The van der Waals surface area contributed by atoms with Gasteiger partial charge < -0.3 is 15.0 Å². The van der Waals surface area contributed by atoms with Gasteiger partial charge in [0.15, 0.2) is 0 Å². The summed E-state index contributed by atoms with van der Waals surface area (Å²) in [6, 6.07) is -1.22. The van der Waals surface area contributed by atoms with Gasteiger partial charge >= 0.3 is 5.97 Å². The first-order valence-corrected chi connectivity index (χ1v) is 11.8. The van der Waals surface area contributed by atoms with Gasteiger partial charge in [-0.2, -0.15) is 0 Å². The first-order valence-electron chi connectivity index (χ1n) is 11.8.